The minimum Gasteiger partial charge on any atom is -0.480 e. The van der Waals surface area contributed by atoms with Crippen LogP contribution < -0.4 is 10.9 Å². The molecule has 0 saturated heterocycles. The Kier molecular flexibility index (Phi) is 3.01. The van der Waals surface area contributed by atoms with Crippen LogP contribution in [0.5, 0.6) is 0 Å². The zero-order valence-corrected chi connectivity index (χ0v) is 7.11. The van der Waals surface area contributed by atoms with Crippen molar-refractivity contribution in [3.8, 4) is 0 Å². The van der Waals surface area contributed by atoms with Gasteiger partial charge < -0.3 is 15.4 Å². The lowest BCUT2D eigenvalue weighted by molar-refractivity contribution is -0.135. The number of nitrogens with one attached hydrogen (secondary N) is 2. The number of carboxylic acid groups (broad SMARTS) is 1. The van der Waals surface area contributed by atoms with E-state index in [-0.39, 0.29) is 5.69 Å². The molecule has 0 bridgehead atoms. The number of hydrogen-bond acceptors (Lipinski definition) is 3. The van der Waals surface area contributed by atoms with E-state index in [1.807, 2.05) is 0 Å². The number of aromatic amines is 1. The van der Waals surface area contributed by atoms with E-state index in [1.165, 1.54) is 18.2 Å². The van der Waals surface area contributed by atoms with Gasteiger partial charge in [-0.3, -0.25) is 14.4 Å². The van der Waals surface area contributed by atoms with Crippen LogP contribution in [0.2, 0.25) is 0 Å². The monoisotopic (exact) mass is 196 g/mol. The van der Waals surface area contributed by atoms with Gasteiger partial charge in [0.15, 0.2) is 0 Å². The largest absolute Gasteiger partial charge is 0.480 e. The van der Waals surface area contributed by atoms with E-state index in [0.29, 0.717) is 0 Å². The van der Waals surface area contributed by atoms with Crippen LogP contribution in [0.3, 0.4) is 0 Å². The Morgan fingerprint density at radius 2 is 2.14 bits per heavy atom. The van der Waals surface area contributed by atoms with Gasteiger partial charge in [-0.25, -0.2) is 0 Å². The Morgan fingerprint density at radius 3 is 2.71 bits per heavy atom. The molecule has 74 valence electrons. The van der Waals surface area contributed by atoms with Crippen LogP contribution in [-0.4, -0.2) is 28.5 Å². The standard InChI is InChI=1S/C8H8N2O4/c11-6-3-1-2-5(10-6)8(14)9-4-7(12)13/h1-3H,4H2,(H,9,14)(H,10,11)(H,12,13). The molecule has 0 aromatic carbocycles. The second-order valence-corrected chi connectivity index (χ2v) is 2.51. The molecule has 0 saturated carbocycles. The van der Waals surface area contributed by atoms with Crippen molar-refractivity contribution in [2.24, 2.45) is 0 Å². The first-order chi connectivity index (χ1) is 6.59. The molecule has 0 spiro atoms. The molecule has 1 aromatic heterocycles. The summed E-state index contributed by atoms with van der Waals surface area (Å²) >= 11 is 0. The normalized spacial score (nSPS) is 9.43. The molecule has 1 aromatic rings. The zero-order valence-electron chi connectivity index (χ0n) is 7.11. The zero-order chi connectivity index (χ0) is 10.6. The fourth-order valence-electron chi connectivity index (χ4n) is 0.831. The summed E-state index contributed by atoms with van der Waals surface area (Å²) in [6, 6.07) is 4.06. The van der Waals surface area contributed by atoms with Crippen LogP contribution in [0.25, 0.3) is 0 Å². The minimum atomic E-state index is -1.14. The van der Waals surface area contributed by atoms with Crippen LogP contribution in [0.15, 0.2) is 23.0 Å². The van der Waals surface area contributed by atoms with Gasteiger partial charge in [0, 0.05) is 6.07 Å². The van der Waals surface area contributed by atoms with Crippen molar-refractivity contribution >= 4 is 11.9 Å². The quantitative estimate of drug-likeness (QED) is 0.588. The van der Waals surface area contributed by atoms with E-state index in [2.05, 4.69) is 10.3 Å². The molecular formula is C8H8N2O4. The average molecular weight is 196 g/mol. The fourth-order valence-corrected chi connectivity index (χ4v) is 0.831. The van der Waals surface area contributed by atoms with E-state index >= 15 is 0 Å². The molecule has 3 N–H and O–H groups in total. The number of H-pyrrole nitrogens is 1. The van der Waals surface area contributed by atoms with Gasteiger partial charge in [-0.05, 0) is 6.07 Å². The molecule has 1 amide bonds. The highest BCUT2D eigenvalue weighted by molar-refractivity contribution is 5.93. The first-order valence-corrected chi connectivity index (χ1v) is 3.79. The number of carbonyl (C=O) groups excluding carboxylic acids is 1. The lowest BCUT2D eigenvalue weighted by atomic mass is 10.3. The van der Waals surface area contributed by atoms with Gasteiger partial charge in [0.2, 0.25) is 5.56 Å². The van der Waals surface area contributed by atoms with Gasteiger partial charge in [-0.15, -0.1) is 0 Å². The molecule has 0 radical (unpaired) electrons. The number of aromatic nitrogens is 1. The molecule has 0 aliphatic carbocycles. The van der Waals surface area contributed by atoms with Crippen LogP contribution in [-0.2, 0) is 4.79 Å². The maximum atomic E-state index is 11.2. The summed E-state index contributed by atoms with van der Waals surface area (Å²) in [4.78, 5) is 34.3. The second-order valence-electron chi connectivity index (χ2n) is 2.51. The van der Waals surface area contributed by atoms with E-state index in [4.69, 9.17) is 5.11 Å². The van der Waals surface area contributed by atoms with Gasteiger partial charge in [0.1, 0.15) is 12.2 Å². The van der Waals surface area contributed by atoms with Gasteiger partial charge in [0.05, 0.1) is 0 Å². The summed E-state index contributed by atoms with van der Waals surface area (Å²) in [5, 5.41) is 10.4. The number of amides is 1. The number of pyridine rings is 1. The summed E-state index contributed by atoms with van der Waals surface area (Å²) in [6.45, 7) is -0.476. The van der Waals surface area contributed by atoms with E-state index in [1.54, 1.807) is 0 Å². The first-order valence-electron chi connectivity index (χ1n) is 3.79. The molecule has 0 fully saturated rings. The van der Waals surface area contributed by atoms with Crippen molar-refractivity contribution in [2.45, 2.75) is 0 Å². The number of carbonyl (C=O) groups is 2. The van der Waals surface area contributed by atoms with Crippen molar-refractivity contribution in [1.29, 1.82) is 0 Å². The summed E-state index contributed by atoms with van der Waals surface area (Å²) in [6.07, 6.45) is 0. The van der Waals surface area contributed by atoms with Gasteiger partial charge in [0.25, 0.3) is 5.91 Å². The minimum absolute atomic E-state index is 0.0405. The predicted molar refractivity (Wildman–Crippen MR) is 47.0 cm³/mol. The number of hydrogen-bond donors (Lipinski definition) is 3. The molecule has 0 aliphatic heterocycles. The Hall–Kier alpha value is -2.11. The molecule has 0 unspecified atom stereocenters. The van der Waals surface area contributed by atoms with E-state index in [9.17, 15) is 14.4 Å². The molecular weight excluding hydrogens is 188 g/mol. The van der Waals surface area contributed by atoms with E-state index < -0.39 is 24.0 Å². The highest BCUT2D eigenvalue weighted by atomic mass is 16.4. The Bertz CT molecular complexity index is 410. The Balaban J connectivity index is 2.70. The van der Waals surface area contributed by atoms with Crippen molar-refractivity contribution in [1.82, 2.24) is 10.3 Å². The molecule has 1 rings (SSSR count). The topological polar surface area (TPSA) is 99.3 Å². The van der Waals surface area contributed by atoms with E-state index in [0.717, 1.165) is 0 Å². The van der Waals surface area contributed by atoms with Gasteiger partial charge in [-0.1, -0.05) is 6.07 Å². The molecule has 1 heterocycles. The van der Waals surface area contributed by atoms with Gasteiger partial charge in [-0.2, -0.15) is 0 Å². The summed E-state index contributed by atoms with van der Waals surface area (Å²) in [5.74, 6) is -1.76. The third-order valence-electron chi connectivity index (χ3n) is 1.41. The number of aliphatic carboxylic acids is 1. The summed E-state index contributed by atoms with van der Waals surface area (Å²) < 4.78 is 0. The third kappa shape index (κ3) is 2.74. The molecule has 0 aliphatic rings. The Morgan fingerprint density at radius 1 is 1.43 bits per heavy atom. The van der Waals surface area contributed by atoms with Crippen LogP contribution in [0.1, 0.15) is 10.5 Å². The van der Waals surface area contributed by atoms with Crippen LogP contribution >= 0.6 is 0 Å². The number of rotatable bonds is 3. The van der Waals surface area contributed by atoms with Crippen LogP contribution in [0.4, 0.5) is 0 Å². The summed E-state index contributed by atoms with van der Waals surface area (Å²) in [7, 11) is 0. The maximum Gasteiger partial charge on any atom is 0.322 e. The SMILES string of the molecule is O=C(O)CNC(=O)c1cccc(=O)[nH]1. The summed E-state index contributed by atoms with van der Waals surface area (Å²) in [5.41, 5.74) is -0.369. The van der Waals surface area contributed by atoms with Crippen molar-refractivity contribution in [2.75, 3.05) is 6.54 Å². The average Bonchev–Trinajstić information content (AvgIpc) is 2.14. The van der Waals surface area contributed by atoms with Crippen molar-refractivity contribution in [3.05, 3.63) is 34.2 Å². The second kappa shape index (κ2) is 4.22. The molecule has 0 atom stereocenters. The first kappa shape index (κ1) is 9.97. The number of carboxylic acids is 1. The van der Waals surface area contributed by atoms with Crippen molar-refractivity contribution in [3.63, 3.8) is 0 Å². The molecule has 6 heteroatoms. The fraction of sp³-hybridized carbons (Fsp3) is 0.125. The predicted octanol–water partition coefficient (Wildman–Crippen LogP) is -0.811. The maximum absolute atomic E-state index is 11.2. The third-order valence-corrected chi connectivity index (χ3v) is 1.41. The van der Waals surface area contributed by atoms with Crippen LogP contribution in [0, 0.1) is 0 Å². The highest BCUT2D eigenvalue weighted by Crippen LogP contribution is 1.88. The lowest BCUT2D eigenvalue weighted by Crippen LogP contribution is -2.30. The lowest BCUT2D eigenvalue weighted by Gasteiger charge is -2.00. The smallest absolute Gasteiger partial charge is 0.322 e. The Labute approximate surface area is 78.6 Å². The van der Waals surface area contributed by atoms with Gasteiger partial charge >= 0.3 is 5.97 Å². The molecule has 6 nitrogen and oxygen atoms in total. The highest BCUT2D eigenvalue weighted by Gasteiger charge is 2.06. The molecule has 14 heavy (non-hydrogen) atoms. The van der Waals surface area contributed by atoms with Crippen molar-refractivity contribution < 1.29 is 14.7 Å².